The first-order valence-electron chi connectivity index (χ1n) is 54.1. The molecule has 17 heteroatoms. The molecule has 0 atom stereocenters. The molecule has 0 unspecified atom stereocenters. The van der Waals surface area contributed by atoms with Crippen LogP contribution in [0, 0.1) is 0 Å². The maximum Gasteiger partial charge on any atom is 2.00 e. The fraction of sp³-hybridized carbons (Fsp3) is 0.786. The van der Waals surface area contributed by atoms with E-state index in [1.807, 2.05) is 0 Å². The van der Waals surface area contributed by atoms with Crippen molar-refractivity contribution in [2.75, 3.05) is 26.4 Å². The Balaban J connectivity index is 0.00000252. The van der Waals surface area contributed by atoms with Gasteiger partial charge in [0.2, 0.25) is 0 Å². The molecule has 2 rings (SSSR count). The Morgan fingerprint density at radius 1 is 0.209 bits per heavy atom. The Kier molecular flexibility index (Phi) is 93.3. The van der Waals surface area contributed by atoms with E-state index < -0.39 is 53.9 Å². The predicted octanol–water partition coefficient (Wildman–Crippen LogP) is 34.9. The van der Waals surface area contributed by atoms with Crippen LogP contribution < -0.4 is 0 Å². The van der Waals surface area contributed by atoms with Gasteiger partial charge in [-0.05, 0) is 165 Å². The minimum Gasteiger partial charge on any atom is -0.744 e. The Hall–Kier alpha value is -3.64. The van der Waals surface area contributed by atoms with Crippen LogP contribution in [0.15, 0.2) is 94.8 Å². The van der Waals surface area contributed by atoms with Crippen LogP contribution >= 0.6 is 0 Å². The zero-order valence-corrected chi connectivity index (χ0v) is 87.6. The second kappa shape index (κ2) is 96.1. The molecule has 14 nitrogen and oxygen atoms in total. The van der Waals surface area contributed by atoms with Gasteiger partial charge in [-0.1, -0.05) is 462 Å². The van der Waals surface area contributed by atoms with Gasteiger partial charge in [0, 0.05) is 0 Å². The molecule has 0 aliphatic rings. The Bertz CT molecular complexity index is 3020. The van der Waals surface area contributed by atoms with Crippen LogP contribution in [0.2, 0.25) is 0 Å². The number of benzene rings is 2. The average Bonchev–Trinajstić information content (AvgIpc) is 0.812. The van der Waals surface area contributed by atoms with Crippen molar-refractivity contribution in [3.05, 3.63) is 107 Å². The van der Waals surface area contributed by atoms with Crippen molar-refractivity contribution in [2.45, 2.75) is 551 Å². The molecule has 0 fully saturated rings. The quantitative estimate of drug-likeness (QED) is 0.0150. The molecule has 0 radical (unpaired) electrons. The molecule has 0 aliphatic carbocycles. The first-order valence-corrected chi connectivity index (χ1v) is 56.9. The van der Waals surface area contributed by atoms with E-state index in [1.165, 1.54) is 436 Å². The van der Waals surface area contributed by atoms with Gasteiger partial charge in [0.05, 0.1) is 58.5 Å². The summed E-state index contributed by atoms with van der Waals surface area (Å²) >= 11 is 0. The summed E-state index contributed by atoms with van der Waals surface area (Å²) in [4.78, 5) is 50.8. The topological polar surface area (TPSA) is 220 Å². The standard InChI is InChI=1S/2C56H98O7S.Ca/c2*1-3-5-7-9-11-13-15-17-19-21-23-25-27-29-31-33-35-37-39-41-43-45-49-62-55(57)53-48-47-52(64(59,60)61)51-54(53)56(58)63-50-46-44-42-40-38-36-34-32-30-28-26-24-22-20-18-16-14-12-10-8-6-4-2;/h2*11-14,47-48,51H,3-10,15-46,49-50H2,1-2H3,(H,59,60,61);/q;;+2/p-2/b2*13-11+,14-12+;. The molecular weight excluding hydrogens is 1670 g/mol. The number of rotatable bonds is 94. The summed E-state index contributed by atoms with van der Waals surface area (Å²) in [7, 11) is -9.64. The fourth-order valence-electron chi connectivity index (χ4n) is 16.7. The number of ether oxygens (including phenoxy) is 4. The SMILES string of the molecule is CCCCC/C=C/CCCCCCCCCCCCCCCCCOC(=O)c1ccc(S(=O)(=O)[O-])cc1C(=O)OCCCCCCCCCCCCCCCCC/C=C/CCCCC.CCCCC/C=C/CCCCCCCCCCCCCCCCCOC(=O)c1ccc(S(=O)(=O)[O-])cc1C(=O)OCCCCCCCCCCCCCCCCC/C=C/CCCCC.[Ca+2]. The smallest absolute Gasteiger partial charge is 0.744 e. The van der Waals surface area contributed by atoms with Crippen molar-refractivity contribution in [2.24, 2.45) is 0 Å². The summed E-state index contributed by atoms with van der Waals surface area (Å²) in [6.45, 7) is 9.77. The number of unbranched alkanes of at least 4 members (excludes halogenated alkanes) is 72. The molecule has 0 saturated carbocycles. The van der Waals surface area contributed by atoms with E-state index >= 15 is 0 Å². The van der Waals surface area contributed by atoms with Crippen LogP contribution in [-0.2, 0) is 39.2 Å². The molecular formula is C112H194CaO14S2. The second-order valence-corrected chi connectivity index (χ2v) is 39.9. The van der Waals surface area contributed by atoms with Gasteiger partial charge >= 0.3 is 61.6 Å². The third kappa shape index (κ3) is 82.4. The molecule has 129 heavy (non-hydrogen) atoms. The molecule has 2 aromatic rings. The molecule has 0 heterocycles. The van der Waals surface area contributed by atoms with Crippen LogP contribution in [0.3, 0.4) is 0 Å². The zero-order chi connectivity index (χ0) is 92.9. The number of hydrogen-bond acceptors (Lipinski definition) is 14. The van der Waals surface area contributed by atoms with E-state index in [0.717, 1.165) is 88.5 Å². The molecule has 0 N–H and O–H groups in total. The minimum absolute atomic E-state index is 0. The molecule has 0 aromatic heterocycles. The number of esters is 4. The van der Waals surface area contributed by atoms with Crippen LogP contribution in [0.4, 0.5) is 0 Å². The van der Waals surface area contributed by atoms with Gasteiger partial charge in [-0.25, -0.2) is 36.0 Å². The largest absolute Gasteiger partial charge is 2.00 e. The Morgan fingerprint density at radius 3 is 0.488 bits per heavy atom. The van der Waals surface area contributed by atoms with Crippen molar-refractivity contribution in [3.63, 3.8) is 0 Å². The average molecular weight is 1870 g/mol. The summed E-state index contributed by atoms with van der Waals surface area (Å²) < 4.78 is 92.1. The fourth-order valence-corrected chi connectivity index (χ4v) is 17.7. The van der Waals surface area contributed by atoms with Crippen LogP contribution in [0.1, 0.15) is 583 Å². The van der Waals surface area contributed by atoms with Gasteiger partial charge in [0.25, 0.3) is 0 Å². The molecule has 0 aliphatic heterocycles. The number of allylic oxidation sites excluding steroid dienone is 8. The van der Waals surface area contributed by atoms with Gasteiger partial charge < -0.3 is 28.1 Å². The molecule has 740 valence electrons. The summed E-state index contributed by atoms with van der Waals surface area (Å²) in [6, 6.07) is 6.33. The number of hydrogen-bond donors (Lipinski definition) is 0. The summed E-state index contributed by atoms with van der Waals surface area (Å²) in [5, 5.41) is 0. The van der Waals surface area contributed by atoms with Gasteiger partial charge in [0.15, 0.2) is 0 Å². The van der Waals surface area contributed by atoms with E-state index in [0.29, 0.717) is 25.7 Å². The molecule has 0 spiro atoms. The van der Waals surface area contributed by atoms with Gasteiger partial charge in [-0.15, -0.1) is 0 Å². The summed E-state index contributed by atoms with van der Waals surface area (Å²) in [5.41, 5.74) is -0.655. The molecule has 0 saturated heterocycles. The van der Waals surface area contributed by atoms with Crippen molar-refractivity contribution in [1.82, 2.24) is 0 Å². The normalized spacial score (nSPS) is 11.8. The Labute approximate surface area is 824 Å². The van der Waals surface area contributed by atoms with Crippen molar-refractivity contribution >= 4 is 81.9 Å². The minimum atomic E-state index is -4.82. The molecule has 0 bridgehead atoms. The van der Waals surface area contributed by atoms with Crippen molar-refractivity contribution < 1.29 is 64.1 Å². The van der Waals surface area contributed by atoms with Gasteiger partial charge in [0.1, 0.15) is 20.2 Å². The third-order valence-electron chi connectivity index (χ3n) is 25.0. The summed E-state index contributed by atoms with van der Waals surface area (Å²) in [6.07, 6.45) is 119. The second-order valence-electron chi connectivity index (χ2n) is 37.1. The van der Waals surface area contributed by atoms with E-state index in [1.54, 1.807) is 0 Å². The van der Waals surface area contributed by atoms with Crippen LogP contribution in [0.5, 0.6) is 0 Å². The van der Waals surface area contributed by atoms with Crippen LogP contribution in [0.25, 0.3) is 0 Å². The van der Waals surface area contributed by atoms with E-state index in [-0.39, 0.29) is 86.4 Å². The van der Waals surface area contributed by atoms with E-state index in [4.69, 9.17) is 18.9 Å². The first kappa shape index (κ1) is 125. The van der Waals surface area contributed by atoms with E-state index in [9.17, 15) is 45.1 Å². The number of carbonyl (C=O) groups is 4. The zero-order valence-electron chi connectivity index (χ0n) is 83.7. The molecule has 2 aromatic carbocycles. The number of carbonyl (C=O) groups excluding carboxylic acids is 4. The van der Waals surface area contributed by atoms with Crippen molar-refractivity contribution in [3.8, 4) is 0 Å². The Morgan fingerprint density at radius 2 is 0.341 bits per heavy atom. The molecule has 0 amide bonds. The first-order chi connectivity index (χ1) is 62.6. The third-order valence-corrected chi connectivity index (χ3v) is 26.7. The van der Waals surface area contributed by atoms with Crippen LogP contribution in [-0.4, -0.2) is 114 Å². The monoisotopic (exact) mass is 1870 g/mol. The van der Waals surface area contributed by atoms with Crippen molar-refractivity contribution in [1.29, 1.82) is 0 Å². The van der Waals surface area contributed by atoms with Gasteiger partial charge in [-0.2, -0.15) is 0 Å². The maximum absolute atomic E-state index is 13.0. The predicted molar refractivity (Wildman–Crippen MR) is 544 cm³/mol. The van der Waals surface area contributed by atoms with E-state index in [2.05, 4.69) is 76.3 Å². The van der Waals surface area contributed by atoms with Gasteiger partial charge in [-0.3, -0.25) is 0 Å². The maximum atomic E-state index is 13.0. The summed E-state index contributed by atoms with van der Waals surface area (Å²) in [5.74, 6) is -3.07.